The van der Waals surface area contributed by atoms with Crippen LogP contribution in [0.4, 0.5) is 24.8 Å². The Bertz CT molecular complexity index is 1200. The molecule has 3 aromatic rings. The van der Waals surface area contributed by atoms with E-state index in [2.05, 4.69) is 21.5 Å². The van der Waals surface area contributed by atoms with Gasteiger partial charge in [-0.25, -0.2) is 15.0 Å². The molecule has 1 aliphatic heterocycles. The maximum atomic E-state index is 13.6. The summed E-state index contributed by atoms with van der Waals surface area (Å²) < 4.78 is 40.8. The van der Waals surface area contributed by atoms with Gasteiger partial charge in [0.2, 0.25) is 5.91 Å². The van der Waals surface area contributed by atoms with Crippen molar-refractivity contribution in [3.63, 3.8) is 0 Å². The van der Waals surface area contributed by atoms with E-state index < -0.39 is 11.7 Å². The lowest BCUT2D eigenvalue weighted by molar-refractivity contribution is -0.137. The minimum absolute atomic E-state index is 0.00261. The summed E-state index contributed by atoms with van der Waals surface area (Å²) in [6.07, 6.45) is -1.90. The number of nitrogens with zero attached hydrogens (tertiary/aromatic N) is 5. The molecule has 166 valence electrons. The SMILES string of the molecule is C=CC(=O)N1CCN(c2ncnc3cc(-c4nc(N)ccc4C(F)(F)F)c(C)cc23)CC1. The zero-order valence-corrected chi connectivity index (χ0v) is 17.4. The van der Waals surface area contributed by atoms with Crippen LogP contribution in [0.2, 0.25) is 0 Å². The van der Waals surface area contributed by atoms with E-state index in [9.17, 15) is 18.0 Å². The summed E-state index contributed by atoms with van der Waals surface area (Å²) >= 11 is 0. The summed E-state index contributed by atoms with van der Waals surface area (Å²) in [7, 11) is 0. The second kappa shape index (κ2) is 8.10. The number of carbonyl (C=O) groups is 1. The zero-order valence-electron chi connectivity index (χ0n) is 17.4. The Hall–Kier alpha value is -3.69. The molecule has 0 saturated carbocycles. The van der Waals surface area contributed by atoms with E-state index in [-0.39, 0.29) is 17.4 Å². The first-order valence-electron chi connectivity index (χ1n) is 9.95. The maximum Gasteiger partial charge on any atom is 0.418 e. The van der Waals surface area contributed by atoms with Gasteiger partial charge in [-0.15, -0.1) is 0 Å². The van der Waals surface area contributed by atoms with Crippen LogP contribution in [0.1, 0.15) is 11.1 Å². The van der Waals surface area contributed by atoms with E-state index in [4.69, 9.17) is 5.73 Å². The van der Waals surface area contributed by atoms with Crippen molar-refractivity contribution in [3.8, 4) is 11.3 Å². The van der Waals surface area contributed by atoms with Crippen molar-refractivity contribution in [1.29, 1.82) is 0 Å². The Morgan fingerprint density at radius 2 is 1.88 bits per heavy atom. The van der Waals surface area contributed by atoms with Gasteiger partial charge in [0.15, 0.2) is 0 Å². The summed E-state index contributed by atoms with van der Waals surface area (Å²) in [5.41, 5.74) is 6.01. The van der Waals surface area contributed by atoms with Crippen molar-refractivity contribution >= 4 is 28.4 Å². The number of amides is 1. The molecule has 3 heterocycles. The number of nitrogen functional groups attached to an aromatic ring is 1. The van der Waals surface area contributed by atoms with E-state index >= 15 is 0 Å². The fraction of sp³-hybridized carbons (Fsp3) is 0.273. The molecule has 0 spiro atoms. The predicted octanol–water partition coefficient (Wildman–Crippen LogP) is 3.44. The number of piperazine rings is 1. The molecule has 0 bridgehead atoms. The Balaban J connectivity index is 1.76. The van der Waals surface area contributed by atoms with Crippen LogP contribution in [0.15, 0.2) is 43.2 Å². The first-order valence-corrected chi connectivity index (χ1v) is 9.95. The summed E-state index contributed by atoms with van der Waals surface area (Å²) in [5, 5.41) is 0.717. The molecule has 7 nitrogen and oxygen atoms in total. The maximum absolute atomic E-state index is 13.6. The van der Waals surface area contributed by atoms with Gasteiger partial charge in [0.25, 0.3) is 0 Å². The number of benzene rings is 1. The molecule has 32 heavy (non-hydrogen) atoms. The van der Waals surface area contributed by atoms with Crippen LogP contribution in [-0.2, 0) is 11.0 Å². The molecule has 2 aromatic heterocycles. The normalized spacial score (nSPS) is 14.6. The number of hydrogen-bond donors (Lipinski definition) is 1. The largest absolute Gasteiger partial charge is 0.418 e. The fourth-order valence-electron chi connectivity index (χ4n) is 3.88. The highest BCUT2D eigenvalue weighted by molar-refractivity contribution is 5.94. The van der Waals surface area contributed by atoms with Crippen molar-refractivity contribution in [2.24, 2.45) is 0 Å². The quantitative estimate of drug-likeness (QED) is 0.626. The van der Waals surface area contributed by atoms with E-state index in [0.29, 0.717) is 48.6 Å². The lowest BCUT2D eigenvalue weighted by Gasteiger charge is -2.35. The van der Waals surface area contributed by atoms with Gasteiger partial charge in [-0.1, -0.05) is 6.58 Å². The molecule has 2 N–H and O–H groups in total. The third-order valence-electron chi connectivity index (χ3n) is 5.50. The molecule has 0 unspecified atom stereocenters. The lowest BCUT2D eigenvalue weighted by atomic mass is 9.98. The van der Waals surface area contributed by atoms with Gasteiger partial charge in [0.1, 0.15) is 18.0 Å². The van der Waals surface area contributed by atoms with Gasteiger partial charge >= 0.3 is 6.18 Å². The molecule has 1 fully saturated rings. The number of aryl methyl sites for hydroxylation is 1. The monoisotopic (exact) mass is 442 g/mol. The molecule has 4 rings (SSSR count). The third kappa shape index (κ3) is 3.95. The third-order valence-corrected chi connectivity index (χ3v) is 5.50. The molecule has 1 saturated heterocycles. The molecule has 1 aliphatic rings. The highest BCUT2D eigenvalue weighted by atomic mass is 19.4. The van der Waals surface area contributed by atoms with E-state index in [0.717, 1.165) is 17.5 Å². The van der Waals surface area contributed by atoms with E-state index in [1.54, 1.807) is 24.0 Å². The average Bonchev–Trinajstić information content (AvgIpc) is 2.77. The van der Waals surface area contributed by atoms with Crippen LogP contribution in [0.25, 0.3) is 22.2 Å². The summed E-state index contributed by atoms with van der Waals surface area (Å²) in [6, 6.07) is 5.44. The highest BCUT2D eigenvalue weighted by Gasteiger charge is 2.35. The number of aromatic nitrogens is 3. The second-order valence-corrected chi connectivity index (χ2v) is 7.53. The molecule has 1 aromatic carbocycles. The average molecular weight is 442 g/mol. The Labute approximate surface area is 182 Å². The van der Waals surface area contributed by atoms with Crippen LogP contribution in [0.3, 0.4) is 0 Å². The zero-order chi connectivity index (χ0) is 23.0. The van der Waals surface area contributed by atoms with Gasteiger partial charge in [-0.3, -0.25) is 4.79 Å². The van der Waals surface area contributed by atoms with Crippen molar-refractivity contribution in [2.75, 3.05) is 36.8 Å². The van der Waals surface area contributed by atoms with Gasteiger partial charge in [-0.05, 0) is 42.8 Å². The number of fused-ring (bicyclic) bond motifs is 1. The number of anilines is 2. The molecule has 10 heteroatoms. The predicted molar refractivity (Wildman–Crippen MR) is 116 cm³/mol. The van der Waals surface area contributed by atoms with E-state index in [1.807, 2.05) is 4.90 Å². The smallest absolute Gasteiger partial charge is 0.384 e. The van der Waals surface area contributed by atoms with Crippen molar-refractivity contribution in [2.45, 2.75) is 13.1 Å². The van der Waals surface area contributed by atoms with Crippen molar-refractivity contribution in [1.82, 2.24) is 19.9 Å². The number of hydrogen-bond acceptors (Lipinski definition) is 6. The topological polar surface area (TPSA) is 88.2 Å². The molecular weight excluding hydrogens is 421 g/mol. The summed E-state index contributed by atoms with van der Waals surface area (Å²) in [5.74, 6) is 0.558. The number of carbonyl (C=O) groups excluding carboxylic acids is 1. The summed E-state index contributed by atoms with van der Waals surface area (Å²) in [6.45, 7) is 7.42. The molecular formula is C22H21F3N6O. The van der Waals surface area contributed by atoms with Crippen molar-refractivity contribution < 1.29 is 18.0 Å². The second-order valence-electron chi connectivity index (χ2n) is 7.53. The summed E-state index contributed by atoms with van der Waals surface area (Å²) in [4.78, 5) is 28.2. The number of alkyl halides is 3. The Morgan fingerprint density at radius 3 is 2.53 bits per heavy atom. The lowest BCUT2D eigenvalue weighted by Crippen LogP contribution is -2.48. The number of rotatable bonds is 3. The Morgan fingerprint density at radius 1 is 1.16 bits per heavy atom. The molecule has 0 radical (unpaired) electrons. The van der Waals surface area contributed by atoms with E-state index in [1.165, 1.54) is 12.4 Å². The van der Waals surface area contributed by atoms with Gasteiger partial charge < -0.3 is 15.5 Å². The Kier molecular flexibility index (Phi) is 5.45. The van der Waals surface area contributed by atoms with Crippen LogP contribution < -0.4 is 10.6 Å². The first-order chi connectivity index (χ1) is 15.2. The van der Waals surface area contributed by atoms with Crippen LogP contribution in [0.5, 0.6) is 0 Å². The van der Waals surface area contributed by atoms with Crippen molar-refractivity contribution in [3.05, 3.63) is 54.4 Å². The molecule has 1 amide bonds. The van der Waals surface area contributed by atoms with Gasteiger partial charge in [0.05, 0.1) is 16.8 Å². The number of nitrogens with two attached hydrogens (primary N) is 1. The molecule has 0 aliphatic carbocycles. The van der Waals surface area contributed by atoms with Crippen LogP contribution in [0, 0.1) is 6.92 Å². The number of pyridine rings is 1. The first kappa shape index (κ1) is 21.5. The standard InChI is InChI=1S/C22H21F3N6O/c1-3-19(32)30-6-8-31(9-7-30)21-15-10-13(2)14(11-17(15)27-12-28-21)20-16(22(23,24)25)4-5-18(26)29-20/h3-5,10-12H,1,6-9H2,2H3,(H2,26,29). The fourth-order valence-corrected chi connectivity index (χ4v) is 3.88. The highest BCUT2D eigenvalue weighted by Crippen LogP contribution is 2.39. The minimum atomic E-state index is -4.57. The minimum Gasteiger partial charge on any atom is -0.384 e. The number of halogens is 3. The van der Waals surface area contributed by atoms with Crippen LogP contribution in [-0.4, -0.2) is 51.9 Å². The van der Waals surface area contributed by atoms with Gasteiger partial charge in [0, 0.05) is 37.1 Å². The molecule has 0 atom stereocenters. The van der Waals surface area contributed by atoms with Crippen LogP contribution >= 0.6 is 0 Å². The van der Waals surface area contributed by atoms with Gasteiger partial charge in [-0.2, -0.15) is 13.2 Å².